The van der Waals surface area contributed by atoms with Crippen molar-refractivity contribution in [3.8, 4) is 0 Å². The molecular formula is C11H21N5. The van der Waals surface area contributed by atoms with Gasteiger partial charge in [0.25, 0.3) is 0 Å². The molecule has 5 heteroatoms. The Labute approximate surface area is 96.4 Å². The van der Waals surface area contributed by atoms with Gasteiger partial charge in [0.05, 0.1) is 17.9 Å². The molecule has 2 rings (SSSR count). The standard InChI is InChI=1S/C11H21N5/c1-10(2)9(11(10,3)4)8(14-12)7-6-13-15-16(7)5/h6,8-9,14H,12H2,1-5H3. The summed E-state index contributed by atoms with van der Waals surface area (Å²) in [6.45, 7) is 9.13. The molecule has 0 radical (unpaired) electrons. The van der Waals surface area contributed by atoms with E-state index in [4.69, 9.17) is 5.84 Å². The number of hydrazine groups is 1. The van der Waals surface area contributed by atoms with Crippen molar-refractivity contribution >= 4 is 0 Å². The Hall–Kier alpha value is -0.940. The molecule has 1 aromatic rings. The number of rotatable bonds is 3. The average molecular weight is 223 g/mol. The normalized spacial score (nSPS) is 24.4. The smallest absolute Gasteiger partial charge is 0.0770 e. The van der Waals surface area contributed by atoms with Gasteiger partial charge in [-0.05, 0) is 16.7 Å². The van der Waals surface area contributed by atoms with Crippen LogP contribution in [-0.4, -0.2) is 15.0 Å². The summed E-state index contributed by atoms with van der Waals surface area (Å²) in [6, 6.07) is 0.116. The fourth-order valence-corrected chi connectivity index (χ4v) is 3.01. The molecule has 1 aliphatic rings. The molecule has 90 valence electrons. The van der Waals surface area contributed by atoms with Gasteiger partial charge in [0, 0.05) is 7.05 Å². The molecule has 0 aliphatic heterocycles. The second kappa shape index (κ2) is 3.28. The van der Waals surface area contributed by atoms with Crippen molar-refractivity contribution in [2.24, 2.45) is 29.6 Å². The van der Waals surface area contributed by atoms with Gasteiger partial charge in [-0.2, -0.15) is 0 Å². The second-order valence-corrected chi connectivity index (χ2v) is 5.85. The molecule has 3 N–H and O–H groups in total. The van der Waals surface area contributed by atoms with Crippen LogP contribution in [0.2, 0.25) is 0 Å². The van der Waals surface area contributed by atoms with Crippen molar-refractivity contribution < 1.29 is 0 Å². The van der Waals surface area contributed by atoms with E-state index in [0.29, 0.717) is 5.92 Å². The molecule has 16 heavy (non-hydrogen) atoms. The first kappa shape index (κ1) is 11.5. The third-order valence-electron chi connectivity index (χ3n) is 4.71. The maximum Gasteiger partial charge on any atom is 0.0770 e. The zero-order valence-electron chi connectivity index (χ0n) is 10.7. The van der Waals surface area contributed by atoms with Gasteiger partial charge >= 0.3 is 0 Å². The Bertz CT molecular complexity index is 379. The lowest BCUT2D eigenvalue weighted by Crippen LogP contribution is -2.32. The minimum Gasteiger partial charge on any atom is -0.271 e. The quantitative estimate of drug-likeness (QED) is 0.592. The van der Waals surface area contributed by atoms with Gasteiger partial charge in [0.1, 0.15) is 0 Å². The predicted molar refractivity (Wildman–Crippen MR) is 62.1 cm³/mol. The van der Waals surface area contributed by atoms with Crippen LogP contribution in [0, 0.1) is 16.7 Å². The third-order valence-corrected chi connectivity index (χ3v) is 4.71. The average Bonchev–Trinajstić information content (AvgIpc) is 2.54. The molecule has 1 saturated carbocycles. The molecule has 1 aliphatic carbocycles. The Kier molecular flexibility index (Phi) is 2.36. The van der Waals surface area contributed by atoms with E-state index < -0.39 is 0 Å². The van der Waals surface area contributed by atoms with Crippen LogP contribution < -0.4 is 11.3 Å². The maximum absolute atomic E-state index is 5.70. The van der Waals surface area contributed by atoms with Crippen LogP contribution in [-0.2, 0) is 7.05 Å². The minimum atomic E-state index is 0.116. The third kappa shape index (κ3) is 1.31. The van der Waals surface area contributed by atoms with Crippen molar-refractivity contribution in [1.82, 2.24) is 20.4 Å². The summed E-state index contributed by atoms with van der Waals surface area (Å²) in [7, 11) is 1.90. The lowest BCUT2D eigenvalue weighted by atomic mass is 10.0. The number of nitrogens with zero attached hydrogens (tertiary/aromatic N) is 3. The summed E-state index contributed by atoms with van der Waals surface area (Å²) >= 11 is 0. The molecule has 1 heterocycles. The molecule has 1 aromatic heterocycles. The number of nitrogens with one attached hydrogen (secondary N) is 1. The predicted octanol–water partition coefficient (Wildman–Crippen LogP) is 1.00. The van der Waals surface area contributed by atoms with Gasteiger partial charge in [0.15, 0.2) is 0 Å². The molecule has 1 unspecified atom stereocenters. The van der Waals surface area contributed by atoms with E-state index in [1.54, 1.807) is 10.9 Å². The highest BCUT2D eigenvalue weighted by molar-refractivity contribution is 5.21. The first-order chi connectivity index (χ1) is 7.34. The first-order valence-corrected chi connectivity index (χ1v) is 5.64. The molecule has 0 aromatic carbocycles. The summed E-state index contributed by atoms with van der Waals surface area (Å²) in [5.41, 5.74) is 4.54. The van der Waals surface area contributed by atoms with Crippen LogP contribution in [0.15, 0.2) is 6.20 Å². The van der Waals surface area contributed by atoms with E-state index in [-0.39, 0.29) is 16.9 Å². The maximum atomic E-state index is 5.70. The van der Waals surface area contributed by atoms with E-state index >= 15 is 0 Å². The van der Waals surface area contributed by atoms with Gasteiger partial charge in [0.2, 0.25) is 0 Å². The largest absolute Gasteiger partial charge is 0.271 e. The highest BCUT2D eigenvalue weighted by Gasteiger charge is 2.67. The van der Waals surface area contributed by atoms with Crippen molar-refractivity contribution in [3.63, 3.8) is 0 Å². The molecule has 0 amide bonds. The van der Waals surface area contributed by atoms with Crippen molar-refractivity contribution in [1.29, 1.82) is 0 Å². The molecule has 0 saturated heterocycles. The summed E-state index contributed by atoms with van der Waals surface area (Å²) < 4.78 is 1.79. The van der Waals surface area contributed by atoms with Crippen LogP contribution in [0.1, 0.15) is 39.4 Å². The second-order valence-electron chi connectivity index (χ2n) is 5.85. The van der Waals surface area contributed by atoms with Crippen molar-refractivity contribution in [2.45, 2.75) is 33.7 Å². The Morgan fingerprint density at radius 2 is 1.94 bits per heavy atom. The van der Waals surface area contributed by atoms with Crippen molar-refractivity contribution in [2.75, 3.05) is 0 Å². The molecule has 0 bridgehead atoms. The van der Waals surface area contributed by atoms with Gasteiger partial charge in [-0.25, -0.2) is 0 Å². The highest BCUT2D eigenvalue weighted by Crippen LogP contribution is 2.72. The Morgan fingerprint density at radius 3 is 2.25 bits per heavy atom. The van der Waals surface area contributed by atoms with Crippen LogP contribution in [0.4, 0.5) is 0 Å². The van der Waals surface area contributed by atoms with E-state index in [9.17, 15) is 0 Å². The summed E-state index contributed by atoms with van der Waals surface area (Å²) in [6.07, 6.45) is 1.79. The van der Waals surface area contributed by atoms with Gasteiger partial charge in [-0.1, -0.05) is 32.9 Å². The molecular weight excluding hydrogens is 202 g/mol. The number of hydrogen-bond donors (Lipinski definition) is 2. The van der Waals surface area contributed by atoms with Crippen LogP contribution in [0.25, 0.3) is 0 Å². The molecule has 1 fully saturated rings. The molecule has 0 spiro atoms. The van der Waals surface area contributed by atoms with Gasteiger partial charge in [-0.15, -0.1) is 5.10 Å². The highest BCUT2D eigenvalue weighted by atomic mass is 15.4. The summed E-state index contributed by atoms with van der Waals surface area (Å²) in [5.74, 6) is 6.20. The minimum absolute atomic E-state index is 0.116. The van der Waals surface area contributed by atoms with Crippen LogP contribution >= 0.6 is 0 Å². The lowest BCUT2D eigenvalue weighted by molar-refractivity contribution is 0.395. The molecule has 5 nitrogen and oxygen atoms in total. The fourth-order valence-electron chi connectivity index (χ4n) is 3.01. The fraction of sp³-hybridized carbons (Fsp3) is 0.818. The van der Waals surface area contributed by atoms with E-state index in [1.165, 1.54) is 0 Å². The lowest BCUT2D eigenvalue weighted by Gasteiger charge is -2.17. The monoisotopic (exact) mass is 223 g/mol. The number of aromatic nitrogens is 3. The van der Waals surface area contributed by atoms with Gasteiger partial charge in [-0.3, -0.25) is 16.0 Å². The van der Waals surface area contributed by atoms with E-state index in [1.807, 2.05) is 7.05 Å². The van der Waals surface area contributed by atoms with Crippen LogP contribution in [0.5, 0.6) is 0 Å². The zero-order chi connectivity index (χ0) is 12.1. The number of nitrogens with two attached hydrogens (primary N) is 1. The SMILES string of the molecule is Cn1nncc1C(NN)C1C(C)(C)C1(C)C. The summed E-state index contributed by atoms with van der Waals surface area (Å²) in [5, 5.41) is 7.88. The van der Waals surface area contributed by atoms with Crippen LogP contribution in [0.3, 0.4) is 0 Å². The topological polar surface area (TPSA) is 68.8 Å². The summed E-state index contributed by atoms with van der Waals surface area (Å²) in [4.78, 5) is 0. The Balaban J connectivity index is 2.31. The number of hydrogen-bond acceptors (Lipinski definition) is 4. The zero-order valence-corrected chi connectivity index (χ0v) is 10.7. The first-order valence-electron chi connectivity index (χ1n) is 5.64. The number of aryl methyl sites for hydroxylation is 1. The van der Waals surface area contributed by atoms with E-state index in [2.05, 4.69) is 43.4 Å². The Morgan fingerprint density at radius 1 is 1.38 bits per heavy atom. The van der Waals surface area contributed by atoms with Crippen molar-refractivity contribution in [3.05, 3.63) is 11.9 Å². The van der Waals surface area contributed by atoms with Gasteiger partial charge < -0.3 is 0 Å². The van der Waals surface area contributed by atoms with E-state index in [0.717, 1.165) is 5.69 Å². The molecule has 1 atom stereocenters.